The molecule has 0 heterocycles. The van der Waals surface area contributed by atoms with Crippen molar-refractivity contribution in [3.05, 3.63) is 42.5 Å². The van der Waals surface area contributed by atoms with E-state index in [0.717, 1.165) is 30.2 Å². The number of ether oxygens (including phenoxy) is 2. The van der Waals surface area contributed by atoms with E-state index in [1.54, 1.807) is 0 Å². The van der Waals surface area contributed by atoms with Gasteiger partial charge < -0.3 is 14.6 Å². The van der Waals surface area contributed by atoms with Crippen LogP contribution >= 0.6 is 0 Å². The summed E-state index contributed by atoms with van der Waals surface area (Å²) in [4.78, 5) is 10.7. The van der Waals surface area contributed by atoms with Gasteiger partial charge in [0.1, 0.15) is 5.75 Å². The molecule has 4 nitrogen and oxygen atoms in total. The SMILES string of the molecule is C=CC(=O)OCCCCOc1ccc(CO)cc1. The van der Waals surface area contributed by atoms with Gasteiger partial charge in [0.25, 0.3) is 0 Å². The second kappa shape index (κ2) is 8.31. The molecule has 0 atom stereocenters. The summed E-state index contributed by atoms with van der Waals surface area (Å²) in [6.07, 6.45) is 2.72. The van der Waals surface area contributed by atoms with Gasteiger partial charge >= 0.3 is 5.97 Å². The molecule has 1 aromatic carbocycles. The summed E-state index contributed by atoms with van der Waals surface area (Å²) in [6, 6.07) is 7.29. The summed E-state index contributed by atoms with van der Waals surface area (Å²) < 4.78 is 10.3. The Bertz CT molecular complexity index is 370. The molecule has 0 aliphatic rings. The first-order valence-electron chi connectivity index (χ1n) is 5.88. The van der Waals surface area contributed by atoms with Crippen molar-refractivity contribution in [3.8, 4) is 5.75 Å². The summed E-state index contributed by atoms with van der Waals surface area (Å²) in [5, 5.41) is 8.88. The zero-order valence-corrected chi connectivity index (χ0v) is 10.3. The first kappa shape index (κ1) is 14.3. The van der Waals surface area contributed by atoms with Crippen LogP contribution in [0.4, 0.5) is 0 Å². The van der Waals surface area contributed by atoms with E-state index in [9.17, 15) is 4.79 Å². The zero-order valence-electron chi connectivity index (χ0n) is 10.3. The van der Waals surface area contributed by atoms with E-state index >= 15 is 0 Å². The molecular weight excluding hydrogens is 232 g/mol. The van der Waals surface area contributed by atoms with E-state index in [-0.39, 0.29) is 6.61 Å². The molecule has 0 saturated carbocycles. The number of benzene rings is 1. The first-order valence-corrected chi connectivity index (χ1v) is 5.88. The normalized spacial score (nSPS) is 9.83. The van der Waals surface area contributed by atoms with Crippen molar-refractivity contribution in [2.75, 3.05) is 13.2 Å². The molecule has 0 aromatic heterocycles. The van der Waals surface area contributed by atoms with Crippen molar-refractivity contribution in [1.82, 2.24) is 0 Å². The fourth-order valence-corrected chi connectivity index (χ4v) is 1.32. The van der Waals surface area contributed by atoms with Gasteiger partial charge in [-0.25, -0.2) is 4.79 Å². The average Bonchev–Trinajstić information content (AvgIpc) is 2.43. The molecule has 1 rings (SSSR count). The molecule has 0 aliphatic heterocycles. The highest BCUT2D eigenvalue weighted by Crippen LogP contribution is 2.12. The zero-order chi connectivity index (χ0) is 13.2. The quantitative estimate of drug-likeness (QED) is 0.436. The Hall–Kier alpha value is -1.81. The number of carbonyl (C=O) groups is 1. The Kier molecular flexibility index (Phi) is 6.58. The van der Waals surface area contributed by atoms with Gasteiger partial charge in [0, 0.05) is 6.08 Å². The molecule has 18 heavy (non-hydrogen) atoms. The summed E-state index contributed by atoms with van der Waals surface area (Å²) in [7, 11) is 0. The van der Waals surface area contributed by atoms with Gasteiger partial charge in [0.05, 0.1) is 19.8 Å². The fraction of sp³-hybridized carbons (Fsp3) is 0.357. The lowest BCUT2D eigenvalue weighted by atomic mass is 10.2. The van der Waals surface area contributed by atoms with E-state index in [2.05, 4.69) is 6.58 Å². The molecule has 98 valence electrons. The molecule has 0 spiro atoms. The smallest absolute Gasteiger partial charge is 0.330 e. The highest BCUT2D eigenvalue weighted by molar-refractivity contribution is 5.81. The van der Waals surface area contributed by atoms with Gasteiger partial charge in [0.15, 0.2) is 0 Å². The van der Waals surface area contributed by atoms with Crippen LogP contribution in [-0.4, -0.2) is 24.3 Å². The molecule has 1 N–H and O–H groups in total. The Morgan fingerprint density at radius 3 is 2.50 bits per heavy atom. The summed E-state index contributed by atoms with van der Waals surface area (Å²) >= 11 is 0. The minimum Gasteiger partial charge on any atom is -0.494 e. The van der Waals surface area contributed by atoms with Crippen molar-refractivity contribution in [1.29, 1.82) is 0 Å². The first-order chi connectivity index (χ1) is 8.76. The second-order valence-corrected chi connectivity index (χ2v) is 3.73. The third-order valence-corrected chi connectivity index (χ3v) is 2.32. The van der Waals surface area contributed by atoms with Crippen LogP contribution in [0.3, 0.4) is 0 Å². The van der Waals surface area contributed by atoms with E-state index in [0.29, 0.717) is 13.2 Å². The number of aliphatic hydroxyl groups excluding tert-OH is 1. The Morgan fingerprint density at radius 1 is 1.22 bits per heavy atom. The van der Waals surface area contributed by atoms with Gasteiger partial charge in [-0.15, -0.1) is 0 Å². The second-order valence-electron chi connectivity index (χ2n) is 3.73. The Balaban J connectivity index is 2.10. The predicted molar refractivity (Wildman–Crippen MR) is 68.2 cm³/mol. The van der Waals surface area contributed by atoms with Gasteiger partial charge in [-0.1, -0.05) is 18.7 Å². The molecule has 0 aliphatic carbocycles. The molecule has 4 heteroatoms. The van der Waals surface area contributed by atoms with Gasteiger partial charge in [-0.3, -0.25) is 0 Å². The average molecular weight is 250 g/mol. The number of esters is 1. The van der Waals surface area contributed by atoms with Crippen LogP contribution in [0.1, 0.15) is 18.4 Å². The minimum absolute atomic E-state index is 0.0367. The molecule has 0 radical (unpaired) electrons. The van der Waals surface area contributed by atoms with E-state index in [1.807, 2.05) is 24.3 Å². The van der Waals surface area contributed by atoms with Gasteiger partial charge in [-0.2, -0.15) is 0 Å². The predicted octanol–water partition coefficient (Wildman–Crippen LogP) is 2.07. The number of carbonyl (C=O) groups excluding carboxylic acids is 1. The summed E-state index contributed by atoms with van der Waals surface area (Å²) in [5.41, 5.74) is 0.860. The maximum Gasteiger partial charge on any atom is 0.330 e. The number of hydrogen-bond donors (Lipinski definition) is 1. The van der Waals surface area contributed by atoms with Gasteiger partial charge in [-0.05, 0) is 30.5 Å². The molecule has 0 amide bonds. The summed E-state index contributed by atoms with van der Waals surface area (Å²) in [5.74, 6) is 0.380. The summed E-state index contributed by atoms with van der Waals surface area (Å²) in [6.45, 7) is 4.31. The topological polar surface area (TPSA) is 55.8 Å². The van der Waals surface area contributed by atoms with Crippen LogP contribution in [0.2, 0.25) is 0 Å². The molecule has 0 unspecified atom stereocenters. The lowest BCUT2D eigenvalue weighted by Crippen LogP contribution is -2.04. The molecular formula is C14H18O4. The van der Waals surface area contributed by atoms with Crippen LogP contribution in [-0.2, 0) is 16.1 Å². The van der Waals surface area contributed by atoms with Crippen molar-refractivity contribution in [2.45, 2.75) is 19.4 Å². The Morgan fingerprint density at radius 2 is 1.89 bits per heavy atom. The Labute approximate surface area is 107 Å². The maximum atomic E-state index is 10.7. The van der Waals surface area contributed by atoms with Gasteiger partial charge in [0.2, 0.25) is 0 Å². The van der Waals surface area contributed by atoms with Crippen molar-refractivity contribution < 1.29 is 19.4 Å². The van der Waals surface area contributed by atoms with E-state index in [1.165, 1.54) is 0 Å². The molecule has 0 fully saturated rings. The van der Waals surface area contributed by atoms with Crippen LogP contribution in [0.5, 0.6) is 5.75 Å². The number of hydrogen-bond acceptors (Lipinski definition) is 4. The standard InChI is InChI=1S/C14H18O4/c1-2-14(16)18-10-4-3-9-17-13-7-5-12(11-15)6-8-13/h2,5-8,15H,1,3-4,9-11H2. The van der Waals surface area contributed by atoms with E-state index in [4.69, 9.17) is 14.6 Å². The van der Waals surface area contributed by atoms with Crippen LogP contribution < -0.4 is 4.74 Å². The number of aliphatic hydroxyl groups is 1. The molecule has 0 bridgehead atoms. The van der Waals surface area contributed by atoms with Crippen molar-refractivity contribution in [3.63, 3.8) is 0 Å². The van der Waals surface area contributed by atoms with Crippen LogP contribution in [0.15, 0.2) is 36.9 Å². The minimum atomic E-state index is -0.393. The van der Waals surface area contributed by atoms with Crippen molar-refractivity contribution in [2.24, 2.45) is 0 Å². The fourth-order valence-electron chi connectivity index (χ4n) is 1.32. The maximum absolute atomic E-state index is 10.7. The molecule has 1 aromatic rings. The lowest BCUT2D eigenvalue weighted by Gasteiger charge is -2.06. The van der Waals surface area contributed by atoms with Crippen LogP contribution in [0, 0.1) is 0 Å². The highest BCUT2D eigenvalue weighted by Gasteiger charge is 1.97. The monoisotopic (exact) mass is 250 g/mol. The lowest BCUT2D eigenvalue weighted by molar-refractivity contribution is -0.137. The largest absolute Gasteiger partial charge is 0.494 e. The molecule has 0 saturated heterocycles. The van der Waals surface area contributed by atoms with E-state index < -0.39 is 5.97 Å². The van der Waals surface area contributed by atoms with Crippen molar-refractivity contribution >= 4 is 5.97 Å². The third kappa shape index (κ3) is 5.50. The van der Waals surface area contributed by atoms with Crippen LogP contribution in [0.25, 0.3) is 0 Å². The number of rotatable bonds is 8. The third-order valence-electron chi connectivity index (χ3n) is 2.32. The highest BCUT2D eigenvalue weighted by atomic mass is 16.5. The number of unbranched alkanes of at least 4 members (excludes halogenated alkanes) is 1.